The summed E-state index contributed by atoms with van der Waals surface area (Å²) in [6.45, 7) is 1.75. The largest absolute Gasteiger partial charge is 0.357 e. The molecular weight excluding hydrogens is 196 g/mol. The Labute approximate surface area is 78.3 Å². The van der Waals surface area contributed by atoms with E-state index in [9.17, 15) is 8.78 Å². The molecule has 0 fully saturated rings. The summed E-state index contributed by atoms with van der Waals surface area (Å²) in [5.74, 6) is -1.75. The highest BCUT2D eigenvalue weighted by Crippen LogP contribution is 2.28. The van der Waals surface area contributed by atoms with Crippen molar-refractivity contribution in [3.05, 3.63) is 34.5 Å². The quantitative estimate of drug-likeness (QED) is 0.672. The molecule has 13 heavy (non-hydrogen) atoms. The Morgan fingerprint density at radius 1 is 1.23 bits per heavy atom. The Balaban J connectivity index is 2.89. The molecule has 0 aliphatic carbocycles. The Hall–Kier alpha value is -1.09. The molecule has 0 spiro atoms. The molecule has 0 aliphatic rings. The zero-order valence-electron chi connectivity index (χ0n) is 6.79. The van der Waals surface area contributed by atoms with E-state index in [2.05, 4.69) is 4.98 Å². The Kier molecular flexibility index (Phi) is 1.77. The Morgan fingerprint density at radius 3 is 2.54 bits per heavy atom. The maximum absolute atomic E-state index is 12.8. The van der Waals surface area contributed by atoms with E-state index in [-0.39, 0.29) is 0 Å². The second kappa shape index (κ2) is 2.70. The minimum absolute atomic E-state index is 0.439. The summed E-state index contributed by atoms with van der Waals surface area (Å²) in [6, 6.07) is 2.19. The van der Waals surface area contributed by atoms with Crippen LogP contribution in [0.25, 0.3) is 10.9 Å². The van der Waals surface area contributed by atoms with Crippen LogP contribution >= 0.6 is 11.6 Å². The van der Waals surface area contributed by atoms with Crippen molar-refractivity contribution < 1.29 is 8.78 Å². The van der Waals surface area contributed by atoms with Crippen LogP contribution in [0, 0.1) is 18.6 Å². The molecule has 0 unspecified atom stereocenters. The average molecular weight is 202 g/mol. The minimum atomic E-state index is -0.881. The highest BCUT2D eigenvalue weighted by Gasteiger charge is 2.10. The molecular formula is C9H6ClF2N. The molecule has 0 radical (unpaired) electrons. The van der Waals surface area contributed by atoms with E-state index < -0.39 is 11.6 Å². The predicted octanol–water partition coefficient (Wildman–Crippen LogP) is 3.41. The summed E-state index contributed by atoms with van der Waals surface area (Å²) < 4.78 is 25.5. The first-order valence-corrected chi connectivity index (χ1v) is 4.10. The van der Waals surface area contributed by atoms with Crippen molar-refractivity contribution in [2.75, 3.05) is 0 Å². The number of hydrogen-bond donors (Lipinski definition) is 1. The number of benzene rings is 1. The van der Waals surface area contributed by atoms with Crippen molar-refractivity contribution in [2.45, 2.75) is 6.92 Å². The molecule has 1 aromatic carbocycles. The van der Waals surface area contributed by atoms with Gasteiger partial charge in [-0.1, -0.05) is 11.6 Å². The molecule has 0 aliphatic heterocycles. The van der Waals surface area contributed by atoms with E-state index in [0.29, 0.717) is 21.6 Å². The van der Waals surface area contributed by atoms with Crippen molar-refractivity contribution >= 4 is 22.5 Å². The molecule has 0 saturated carbocycles. The summed E-state index contributed by atoms with van der Waals surface area (Å²) in [7, 11) is 0. The third-order valence-electron chi connectivity index (χ3n) is 1.95. The smallest absolute Gasteiger partial charge is 0.160 e. The van der Waals surface area contributed by atoms with E-state index >= 15 is 0 Å². The van der Waals surface area contributed by atoms with Crippen molar-refractivity contribution in [1.29, 1.82) is 0 Å². The van der Waals surface area contributed by atoms with Crippen LogP contribution in [-0.2, 0) is 0 Å². The molecule has 1 nitrogen and oxygen atoms in total. The summed E-state index contributed by atoms with van der Waals surface area (Å²) in [6.07, 6.45) is 0. The molecule has 2 rings (SSSR count). The second-order valence-electron chi connectivity index (χ2n) is 2.88. The summed E-state index contributed by atoms with van der Waals surface area (Å²) in [5, 5.41) is 0.951. The molecule has 1 heterocycles. The first-order chi connectivity index (χ1) is 6.09. The topological polar surface area (TPSA) is 15.8 Å². The van der Waals surface area contributed by atoms with Gasteiger partial charge in [-0.05, 0) is 13.0 Å². The first-order valence-electron chi connectivity index (χ1n) is 3.72. The van der Waals surface area contributed by atoms with Crippen LogP contribution in [0.3, 0.4) is 0 Å². The van der Waals surface area contributed by atoms with Gasteiger partial charge < -0.3 is 4.98 Å². The van der Waals surface area contributed by atoms with Gasteiger partial charge in [-0.25, -0.2) is 8.78 Å². The van der Waals surface area contributed by atoms with Crippen molar-refractivity contribution in [3.63, 3.8) is 0 Å². The van der Waals surface area contributed by atoms with Gasteiger partial charge in [0.1, 0.15) is 0 Å². The van der Waals surface area contributed by atoms with Crippen molar-refractivity contribution in [2.24, 2.45) is 0 Å². The SMILES string of the molecule is Cc1[nH]c2cc(F)c(F)cc2c1Cl. The lowest BCUT2D eigenvalue weighted by molar-refractivity contribution is 0.511. The number of halogens is 3. The molecule has 0 saturated heterocycles. The van der Waals surface area contributed by atoms with E-state index in [1.807, 2.05) is 0 Å². The van der Waals surface area contributed by atoms with Gasteiger partial charge in [-0.2, -0.15) is 0 Å². The van der Waals surface area contributed by atoms with E-state index in [4.69, 9.17) is 11.6 Å². The van der Waals surface area contributed by atoms with Gasteiger partial charge in [-0.15, -0.1) is 0 Å². The molecule has 0 bridgehead atoms. The summed E-state index contributed by atoms with van der Waals surface area (Å²) in [5.41, 5.74) is 1.23. The molecule has 0 amide bonds. The van der Waals surface area contributed by atoms with Gasteiger partial charge in [0, 0.05) is 17.1 Å². The number of hydrogen-bond acceptors (Lipinski definition) is 0. The van der Waals surface area contributed by atoms with Crippen LogP contribution < -0.4 is 0 Å². The fourth-order valence-corrected chi connectivity index (χ4v) is 1.49. The van der Waals surface area contributed by atoms with Gasteiger partial charge in [-0.3, -0.25) is 0 Å². The standard InChI is InChI=1S/C9H6ClF2N/c1-4-9(10)5-2-6(11)7(12)3-8(5)13-4/h2-3,13H,1H3. The Morgan fingerprint density at radius 2 is 1.85 bits per heavy atom. The van der Waals surface area contributed by atoms with Gasteiger partial charge in [0.2, 0.25) is 0 Å². The van der Waals surface area contributed by atoms with E-state index in [1.165, 1.54) is 0 Å². The zero-order chi connectivity index (χ0) is 9.59. The number of aryl methyl sites for hydroxylation is 1. The highest BCUT2D eigenvalue weighted by atomic mass is 35.5. The van der Waals surface area contributed by atoms with Crippen LogP contribution in [0.4, 0.5) is 8.78 Å². The predicted molar refractivity (Wildman–Crippen MR) is 48.0 cm³/mol. The average Bonchev–Trinajstić information content (AvgIpc) is 2.32. The lowest BCUT2D eigenvalue weighted by atomic mass is 10.2. The minimum Gasteiger partial charge on any atom is -0.357 e. The fraction of sp³-hybridized carbons (Fsp3) is 0.111. The molecule has 4 heteroatoms. The zero-order valence-corrected chi connectivity index (χ0v) is 7.54. The van der Waals surface area contributed by atoms with Gasteiger partial charge >= 0.3 is 0 Å². The number of H-pyrrole nitrogens is 1. The lowest BCUT2D eigenvalue weighted by Crippen LogP contribution is -1.82. The van der Waals surface area contributed by atoms with Crippen LogP contribution in [0.1, 0.15) is 5.69 Å². The molecule has 1 aromatic heterocycles. The van der Waals surface area contributed by atoms with Crippen LogP contribution in [0.15, 0.2) is 12.1 Å². The third kappa shape index (κ3) is 1.20. The number of aromatic amines is 1. The van der Waals surface area contributed by atoms with Crippen LogP contribution in [-0.4, -0.2) is 4.98 Å². The summed E-state index contributed by atoms with van der Waals surface area (Å²) >= 11 is 5.85. The normalized spacial score (nSPS) is 11.1. The number of rotatable bonds is 0. The summed E-state index contributed by atoms with van der Waals surface area (Å²) in [4.78, 5) is 2.86. The van der Waals surface area contributed by atoms with Crippen LogP contribution in [0.5, 0.6) is 0 Å². The monoisotopic (exact) mass is 201 g/mol. The van der Waals surface area contributed by atoms with E-state index in [1.54, 1.807) is 6.92 Å². The second-order valence-corrected chi connectivity index (χ2v) is 3.25. The third-order valence-corrected chi connectivity index (χ3v) is 2.44. The van der Waals surface area contributed by atoms with Crippen LogP contribution in [0.2, 0.25) is 5.02 Å². The molecule has 68 valence electrons. The van der Waals surface area contributed by atoms with Gasteiger partial charge in [0.05, 0.1) is 10.5 Å². The van der Waals surface area contributed by atoms with Crippen molar-refractivity contribution in [1.82, 2.24) is 4.98 Å². The molecule has 2 aromatic rings. The Bertz CT molecular complexity index is 476. The first kappa shape index (κ1) is 8.51. The van der Waals surface area contributed by atoms with Gasteiger partial charge in [0.15, 0.2) is 11.6 Å². The van der Waals surface area contributed by atoms with Gasteiger partial charge in [0.25, 0.3) is 0 Å². The number of nitrogens with one attached hydrogen (secondary N) is 1. The molecule has 0 atom stereocenters. The number of fused-ring (bicyclic) bond motifs is 1. The maximum atomic E-state index is 12.8. The molecule has 1 N–H and O–H groups in total. The number of aromatic nitrogens is 1. The maximum Gasteiger partial charge on any atom is 0.160 e. The van der Waals surface area contributed by atoms with Crippen molar-refractivity contribution in [3.8, 4) is 0 Å². The fourth-order valence-electron chi connectivity index (χ4n) is 1.29. The highest BCUT2D eigenvalue weighted by molar-refractivity contribution is 6.36. The van der Waals surface area contributed by atoms with E-state index in [0.717, 1.165) is 12.1 Å². The lowest BCUT2D eigenvalue weighted by Gasteiger charge is -1.92.